The maximum absolute atomic E-state index is 3.69. The predicted octanol–water partition coefficient (Wildman–Crippen LogP) is 2.74. The molecule has 1 aliphatic heterocycles. The van der Waals surface area contributed by atoms with Crippen LogP contribution in [0, 0.1) is 11.3 Å². The van der Waals surface area contributed by atoms with E-state index in [9.17, 15) is 0 Å². The molecule has 1 heterocycles. The first-order chi connectivity index (χ1) is 7.20. The summed E-state index contributed by atoms with van der Waals surface area (Å²) >= 11 is 0. The van der Waals surface area contributed by atoms with E-state index in [-0.39, 0.29) is 5.54 Å². The molecule has 1 N–H and O–H groups in total. The summed E-state index contributed by atoms with van der Waals surface area (Å²) in [5, 5.41) is 3.69. The molecule has 0 aromatic rings. The number of nitrogens with zero attached hydrogens (tertiary/aromatic N) is 1. The summed E-state index contributed by atoms with van der Waals surface area (Å²) < 4.78 is 0. The van der Waals surface area contributed by atoms with E-state index in [4.69, 9.17) is 0 Å². The molecule has 96 valence electrons. The van der Waals surface area contributed by atoms with E-state index in [0.717, 1.165) is 12.5 Å². The minimum Gasteiger partial charge on any atom is -0.310 e. The van der Waals surface area contributed by atoms with E-state index in [1.54, 1.807) is 0 Å². The second kappa shape index (κ2) is 5.05. The molecule has 0 aromatic carbocycles. The third-order valence-electron chi connectivity index (χ3n) is 3.34. The lowest BCUT2D eigenvalue weighted by atomic mass is 9.93. The first kappa shape index (κ1) is 14.0. The van der Waals surface area contributed by atoms with Crippen LogP contribution >= 0.6 is 0 Å². The highest BCUT2D eigenvalue weighted by atomic mass is 15.2. The molecule has 2 nitrogen and oxygen atoms in total. The minimum atomic E-state index is 0.255. The number of hydrogen-bond acceptors (Lipinski definition) is 2. The standard InChI is InChI=1S/C14H30N2/c1-12(2)7-8-16-10-13(3,4)9-15-14(5,6)11-16/h12,15H,7-11H2,1-6H3. The van der Waals surface area contributed by atoms with E-state index in [0.29, 0.717) is 5.41 Å². The molecule has 0 amide bonds. The first-order valence-corrected chi connectivity index (χ1v) is 6.68. The second-order valence-corrected chi connectivity index (χ2v) is 7.29. The van der Waals surface area contributed by atoms with Gasteiger partial charge in [0.05, 0.1) is 0 Å². The molecule has 0 spiro atoms. The highest BCUT2D eigenvalue weighted by Gasteiger charge is 2.32. The zero-order chi connectivity index (χ0) is 12.4. The van der Waals surface area contributed by atoms with Gasteiger partial charge in [0.2, 0.25) is 0 Å². The Hall–Kier alpha value is -0.0800. The Morgan fingerprint density at radius 1 is 1.12 bits per heavy atom. The summed E-state index contributed by atoms with van der Waals surface area (Å²) in [4.78, 5) is 2.64. The maximum atomic E-state index is 3.69. The lowest BCUT2D eigenvalue weighted by Crippen LogP contribution is -2.46. The van der Waals surface area contributed by atoms with Gasteiger partial charge < -0.3 is 10.2 Å². The topological polar surface area (TPSA) is 15.3 Å². The highest BCUT2D eigenvalue weighted by molar-refractivity contribution is 4.91. The van der Waals surface area contributed by atoms with Crippen molar-refractivity contribution in [2.45, 2.75) is 53.5 Å². The zero-order valence-electron chi connectivity index (χ0n) is 12.1. The Kier molecular flexibility index (Phi) is 4.42. The molecule has 1 fully saturated rings. The van der Waals surface area contributed by atoms with E-state index >= 15 is 0 Å². The monoisotopic (exact) mass is 226 g/mol. The third kappa shape index (κ3) is 4.84. The quantitative estimate of drug-likeness (QED) is 0.796. The van der Waals surface area contributed by atoms with E-state index < -0.39 is 0 Å². The van der Waals surface area contributed by atoms with Crippen LogP contribution in [0.2, 0.25) is 0 Å². The van der Waals surface area contributed by atoms with Gasteiger partial charge in [0, 0.05) is 25.2 Å². The van der Waals surface area contributed by atoms with Crippen LogP contribution in [-0.2, 0) is 0 Å². The van der Waals surface area contributed by atoms with Crippen molar-refractivity contribution in [1.29, 1.82) is 0 Å². The summed E-state index contributed by atoms with van der Waals surface area (Å²) in [5.41, 5.74) is 0.648. The maximum Gasteiger partial charge on any atom is 0.0252 e. The highest BCUT2D eigenvalue weighted by Crippen LogP contribution is 2.23. The van der Waals surface area contributed by atoms with Crippen molar-refractivity contribution < 1.29 is 0 Å². The lowest BCUT2D eigenvalue weighted by Gasteiger charge is -2.31. The minimum absolute atomic E-state index is 0.255. The van der Waals surface area contributed by atoms with Crippen molar-refractivity contribution in [3.63, 3.8) is 0 Å². The average Bonchev–Trinajstić information content (AvgIpc) is 2.20. The Morgan fingerprint density at radius 3 is 2.31 bits per heavy atom. The van der Waals surface area contributed by atoms with Crippen molar-refractivity contribution in [2.75, 3.05) is 26.2 Å². The van der Waals surface area contributed by atoms with Gasteiger partial charge in [-0.2, -0.15) is 0 Å². The molecule has 1 aliphatic rings. The SMILES string of the molecule is CC(C)CCN1CC(C)(C)CNC(C)(C)C1. The average molecular weight is 226 g/mol. The fourth-order valence-corrected chi connectivity index (χ4v) is 2.41. The fourth-order valence-electron chi connectivity index (χ4n) is 2.41. The van der Waals surface area contributed by atoms with Gasteiger partial charge in [-0.05, 0) is 38.1 Å². The van der Waals surface area contributed by atoms with Crippen LogP contribution in [0.3, 0.4) is 0 Å². The fraction of sp³-hybridized carbons (Fsp3) is 1.00. The molecule has 2 heteroatoms. The molecular formula is C14H30N2. The molecular weight excluding hydrogens is 196 g/mol. The van der Waals surface area contributed by atoms with Gasteiger partial charge in [0.15, 0.2) is 0 Å². The summed E-state index contributed by atoms with van der Waals surface area (Å²) in [6.07, 6.45) is 1.31. The van der Waals surface area contributed by atoms with Crippen LogP contribution in [0.5, 0.6) is 0 Å². The Labute approximate surface area is 102 Å². The number of rotatable bonds is 3. The van der Waals surface area contributed by atoms with Crippen molar-refractivity contribution in [2.24, 2.45) is 11.3 Å². The van der Waals surface area contributed by atoms with E-state index in [2.05, 4.69) is 51.8 Å². The lowest BCUT2D eigenvalue weighted by molar-refractivity contribution is 0.182. The Balaban J connectivity index is 2.59. The summed E-state index contributed by atoms with van der Waals surface area (Å²) in [6.45, 7) is 18.7. The molecule has 1 rings (SSSR count). The number of hydrogen-bond donors (Lipinski definition) is 1. The van der Waals surface area contributed by atoms with Gasteiger partial charge in [0.1, 0.15) is 0 Å². The number of nitrogens with one attached hydrogen (secondary N) is 1. The van der Waals surface area contributed by atoms with E-state index in [1.165, 1.54) is 26.1 Å². The predicted molar refractivity (Wildman–Crippen MR) is 71.8 cm³/mol. The van der Waals surface area contributed by atoms with Gasteiger partial charge in [-0.25, -0.2) is 0 Å². The van der Waals surface area contributed by atoms with Crippen molar-refractivity contribution >= 4 is 0 Å². The van der Waals surface area contributed by atoms with Crippen LogP contribution < -0.4 is 5.32 Å². The molecule has 0 aliphatic carbocycles. The van der Waals surface area contributed by atoms with Gasteiger partial charge >= 0.3 is 0 Å². The third-order valence-corrected chi connectivity index (χ3v) is 3.34. The summed E-state index contributed by atoms with van der Waals surface area (Å²) in [7, 11) is 0. The van der Waals surface area contributed by atoms with Crippen LogP contribution in [-0.4, -0.2) is 36.6 Å². The van der Waals surface area contributed by atoms with Crippen LogP contribution in [0.15, 0.2) is 0 Å². The Morgan fingerprint density at radius 2 is 1.75 bits per heavy atom. The normalized spacial score (nSPS) is 25.7. The van der Waals surface area contributed by atoms with Crippen molar-refractivity contribution in [1.82, 2.24) is 10.2 Å². The molecule has 0 radical (unpaired) electrons. The molecule has 0 aromatic heterocycles. The molecule has 0 atom stereocenters. The van der Waals surface area contributed by atoms with Gasteiger partial charge in [-0.1, -0.05) is 27.7 Å². The van der Waals surface area contributed by atoms with Crippen molar-refractivity contribution in [3.05, 3.63) is 0 Å². The van der Waals surface area contributed by atoms with Crippen molar-refractivity contribution in [3.8, 4) is 0 Å². The molecule has 16 heavy (non-hydrogen) atoms. The van der Waals surface area contributed by atoms with Gasteiger partial charge in [-0.15, -0.1) is 0 Å². The second-order valence-electron chi connectivity index (χ2n) is 7.29. The summed E-state index contributed by atoms with van der Waals surface area (Å²) in [6, 6.07) is 0. The molecule has 0 saturated carbocycles. The van der Waals surface area contributed by atoms with Crippen LogP contribution in [0.25, 0.3) is 0 Å². The van der Waals surface area contributed by atoms with Gasteiger partial charge in [-0.3, -0.25) is 0 Å². The van der Waals surface area contributed by atoms with Crippen LogP contribution in [0.4, 0.5) is 0 Å². The smallest absolute Gasteiger partial charge is 0.0252 e. The Bertz CT molecular complexity index is 201. The van der Waals surface area contributed by atoms with E-state index in [1.807, 2.05) is 0 Å². The summed E-state index contributed by atoms with van der Waals surface area (Å²) in [5.74, 6) is 0.808. The molecule has 0 bridgehead atoms. The largest absolute Gasteiger partial charge is 0.310 e. The molecule has 0 unspecified atom stereocenters. The molecule has 1 saturated heterocycles. The van der Waals surface area contributed by atoms with Gasteiger partial charge in [0.25, 0.3) is 0 Å². The first-order valence-electron chi connectivity index (χ1n) is 6.68. The van der Waals surface area contributed by atoms with Crippen LogP contribution in [0.1, 0.15) is 48.0 Å². The zero-order valence-corrected chi connectivity index (χ0v) is 12.1.